The van der Waals surface area contributed by atoms with Crippen molar-refractivity contribution in [3.63, 3.8) is 0 Å². The molecule has 1 unspecified atom stereocenters. The average molecular weight is 280 g/mol. The molecule has 0 heterocycles. The third-order valence-electron chi connectivity index (χ3n) is 0.888. The van der Waals surface area contributed by atoms with Crippen molar-refractivity contribution in [2.45, 2.75) is 40.7 Å². The molecule has 0 amide bonds. The van der Waals surface area contributed by atoms with E-state index in [0.717, 1.165) is 13.8 Å². The Labute approximate surface area is 111 Å². The smallest absolute Gasteiger partial charge is 0.303 e. The van der Waals surface area contributed by atoms with Gasteiger partial charge in [0.15, 0.2) is 0 Å². The number of carboxylic acids is 2. The van der Waals surface area contributed by atoms with Crippen molar-refractivity contribution in [2.75, 3.05) is 6.61 Å². The molecule has 0 aliphatic rings. The molecular formula is C11H20O8. The van der Waals surface area contributed by atoms with Crippen LogP contribution in [0.1, 0.15) is 34.6 Å². The van der Waals surface area contributed by atoms with Crippen molar-refractivity contribution in [1.29, 1.82) is 0 Å². The lowest BCUT2D eigenvalue weighted by atomic mass is 10.4. The average Bonchev–Trinajstić information content (AvgIpc) is 2.11. The number of hydrogen-bond acceptors (Lipinski definition) is 6. The first-order valence-corrected chi connectivity index (χ1v) is 5.18. The normalized spacial score (nSPS) is 9.53. The van der Waals surface area contributed by atoms with Crippen LogP contribution < -0.4 is 0 Å². The van der Waals surface area contributed by atoms with Crippen LogP contribution in [0.2, 0.25) is 0 Å². The Morgan fingerprint density at radius 3 is 1.42 bits per heavy atom. The maximum atomic E-state index is 10.3. The quantitative estimate of drug-likeness (QED) is 0.722. The van der Waals surface area contributed by atoms with Gasteiger partial charge in [0.2, 0.25) is 0 Å². The zero-order valence-corrected chi connectivity index (χ0v) is 11.6. The summed E-state index contributed by atoms with van der Waals surface area (Å²) < 4.78 is 9.27. The maximum absolute atomic E-state index is 10.3. The summed E-state index contributed by atoms with van der Waals surface area (Å²) in [6, 6.07) is 0. The molecule has 0 saturated carbocycles. The Morgan fingerprint density at radius 2 is 1.21 bits per heavy atom. The first kappa shape index (κ1) is 22.1. The fraction of sp³-hybridized carbons (Fsp3) is 0.636. The zero-order valence-electron chi connectivity index (χ0n) is 11.6. The van der Waals surface area contributed by atoms with E-state index in [0.29, 0.717) is 0 Å². The lowest BCUT2D eigenvalue weighted by Gasteiger charge is -2.10. The molecule has 19 heavy (non-hydrogen) atoms. The number of hydrogen-bond donors (Lipinski definition) is 2. The van der Waals surface area contributed by atoms with Crippen LogP contribution in [-0.4, -0.2) is 46.8 Å². The second-order valence-electron chi connectivity index (χ2n) is 3.26. The topological polar surface area (TPSA) is 127 Å². The van der Waals surface area contributed by atoms with Crippen molar-refractivity contribution in [1.82, 2.24) is 0 Å². The van der Waals surface area contributed by atoms with E-state index >= 15 is 0 Å². The largest absolute Gasteiger partial charge is 0.481 e. The van der Waals surface area contributed by atoms with Crippen molar-refractivity contribution in [2.24, 2.45) is 0 Å². The molecule has 112 valence electrons. The molecule has 0 spiro atoms. The van der Waals surface area contributed by atoms with Gasteiger partial charge in [-0.15, -0.1) is 0 Å². The number of ether oxygens (including phenoxy) is 2. The molecule has 0 fully saturated rings. The third-order valence-corrected chi connectivity index (χ3v) is 0.888. The fourth-order valence-corrected chi connectivity index (χ4v) is 0.552. The molecule has 0 radical (unpaired) electrons. The number of esters is 2. The van der Waals surface area contributed by atoms with Gasteiger partial charge < -0.3 is 19.7 Å². The summed E-state index contributed by atoms with van der Waals surface area (Å²) in [5.41, 5.74) is 0. The van der Waals surface area contributed by atoms with E-state index in [1.165, 1.54) is 13.8 Å². The standard InChI is InChI=1S/C7H12O4.2C2H4O2/c1-5(11-7(3)9)4-10-6(2)8;2*1-2(3)4/h5H,4H2,1-3H3;2*1H3,(H,3,4). The van der Waals surface area contributed by atoms with E-state index in [1.54, 1.807) is 6.92 Å². The number of carboxylic acid groups (broad SMARTS) is 2. The second kappa shape index (κ2) is 13.9. The van der Waals surface area contributed by atoms with E-state index in [2.05, 4.69) is 9.47 Å². The highest BCUT2D eigenvalue weighted by atomic mass is 16.6. The van der Waals surface area contributed by atoms with E-state index in [-0.39, 0.29) is 24.6 Å². The maximum Gasteiger partial charge on any atom is 0.303 e. The van der Waals surface area contributed by atoms with Gasteiger partial charge in [-0.05, 0) is 6.92 Å². The van der Waals surface area contributed by atoms with Crippen LogP contribution in [0.5, 0.6) is 0 Å². The summed E-state index contributed by atoms with van der Waals surface area (Å²) in [4.78, 5) is 38.6. The highest BCUT2D eigenvalue weighted by Crippen LogP contribution is 1.92. The van der Waals surface area contributed by atoms with Crippen LogP contribution in [0, 0.1) is 0 Å². The summed E-state index contributed by atoms with van der Waals surface area (Å²) in [7, 11) is 0. The van der Waals surface area contributed by atoms with Crippen LogP contribution in [0.15, 0.2) is 0 Å². The molecule has 2 N–H and O–H groups in total. The minimum atomic E-state index is -0.833. The highest BCUT2D eigenvalue weighted by molar-refractivity contribution is 5.67. The summed E-state index contributed by atoms with van der Waals surface area (Å²) in [6.45, 7) is 6.56. The van der Waals surface area contributed by atoms with Gasteiger partial charge in [0.05, 0.1) is 0 Å². The van der Waals surface area contributed by atoms with Crippen LogP contribution >= 0.6 is 0 Å². The molecule has 0 aromatic carbocycles. The van der Waals surface area contributed by atoms with Gasteiger partial charge >= 0.3 is 11.9 Å². The van der Waals surface area contributed by atoms with E-state index in [4.69, 9.17) is 19.8 Å². The van der Waals surface area contributed by atoms with Gasteiger partial charge in [-0.1, -0.05) is 0 Å². The van der Waals surface area contributed by atoms with E-state index in [9.17, 15) is 9.59 Å². The van der Waals surface area contributed by atoms with Crippen LogP contribution in [0.25, 0.3) is 0 Å². The SMILES string of the molecule is CC(=O)O.CC(=O)O.CC(=O)OCC(C)OC(C)=O. The number of carbonyl (C=O) groups is 4. The first-order valence-electron chi connectivity index (χ1n) is 5.18. The molecule has 8 heteroatoms. The Morgan fingerprint density at radius 1 is 0.895 bits per heavy atom. The second-order valence-corrected chi connectivity index (χ2v) is 3.26. The van der Waals surface area contributed by atoms with Crippen LogP contribution in [0.3, 0.4) is 0 Å². The molecule has 0 aromatic rings. The van der Waals surface area contributed by atoms with Crippen molar-refractivity contribution in [3.05, 3.63) is 0 Å². The summed E-state index contributed by atoms with van der Waals surface area (Å²) >= 11 is 0. The van der Waals surface area contributed by atoms with Gasteiger partial charge in [0.25, 0.3) is 11.9 Å². The summed E-state index contributed by atoms with van der Waals surface area (Å²) in [6.07, 6.45) is -0.364. The van der Waals surface area contributed by atoms with E-state index < -0.39 is 11.9 Å². The Balaban J connectivity index is -0.000000264. The fourth-order valence-electron chi connectivity index (χ4n) is 0.552. The molecule has 0 aliphatic heterocycles. The zero-order chi connectivity index (χ0) is 16.0. The van der Waals surface area contributed by atoms with Crippen LogP contribution in [-0.2, 0) is 28.7 Å². The highest BCUT2D eigenvalue weighted by Gasteiger charge is 2.06. The number of aliphatic carboxylic acids is 2. The monoisotopic (exact) mass is 280 g/mol. The Kier molecular flexibility index (Phi) is 16.2. The van der Waals surface area contributed by atoms with Gasteiger partial charge in [0, 0.05) is 27.7 Å². The van der Waals surface area contributed by atoms with Crippen molar-refractivity contribution < 1.29 is 38.9 Å². The minimum Gasteiger partial charge on any atom is -0.481 e. The number of carbonyl (C=O) groups excluding carboxylic acids is 2. The third kappa shape index (κ3) is 64.6. The van der Waals surface area contributed by atoms with Gasteiger partial charge in [-0.2, -0.15) is 0 Å². The molecular weight excluding hydrogens is 260 g/mol. The predicted molar refractivity (Wildman–Crippen MR) is 64.5 cm³/mol. The van der Waals surface area contributed by atoms with E-state index in [1.807, 2.05) is 0 Å². The summed E-state index contributed by atoms with van der Waals surface area (Å²) in [5, 5.41) is 14.8. The molecule has 0 saturated heterocycles. The molecule has 0 aliphatic carbocycles. The molecule has 1 atom stereocenters. The first-order chi connectivity index (χ1) is 8.48. The Hall–Kier alpha value is -2.12. The Bertz CT molecular complexity index is 277. The minimum absolute atomic E-state index is 0.120. The molecule has 0 rings (SSSR count). The summed E-state index contributed by atoms with van der Waals surface area (Å²) in [5.74, 6) is -2.41. The van der Waals surface area contributed by atoms with Gasteiger partial charge in [0.1, 0.15) is 12.7 Å². The van der Waals surface area contributed by atoms with Crippen molar-refractivity contribution in [3.8, 4) is 0 Å². The molecule has 8 nitrogen and oxygen atoms in total. The lowest BCUT2D eigenvalue weighted by Crippen LogP contribution is -2.19. The lowest BCUT2D eigenvalue weighted by molar-refractivity contribution is -0.155. The molecule has 0 aromatic heterocycles. The van der Waals surface area contributed by atoms with Crippen molar-refractivity contribution >= 4 is 23.9 Å². The number of rotatable bonds is 3. The van der Waals surface area contributed by atoms with Gasteiger partial charge in [-0.25, -0.2) is 0 Å². The predicted octanol–water partition coefficient (Wildman–Crippen LogP) is 0.683. The van der Waals surface area contributed by atoms with Crippen LogP contribution in [0.4, 0.5) is 0 Å². The molecule has 0 bridgehead atoms. The van der Waals surface area contributed by atoms with Gasteiger partial charge in [-0.3, -0.25) is 19.2 Å².